The first-order valence-electron chi connectivity index (χ1n) is 13.0. The lowest BCUT2D eigenvalue weighted by atomic mass is 9.97. The predicted molar refractivity (Wildman–Crippen MR) is 138 cm³/mol. The molecule has 3 aromatic carbocycles. The molecule has 180 valence electrons. The van der Waals surface area contributed by atoms with Crippen molar-refractivity contribution in [3.63, 3.8) is 0 Å². The summed E-state index contributed by atoms with van der Waals surface area (Å²) in [5.41, 5.74) is 1.20. The van der Waals surface area contributed by atoms with E-state index in [1.54, 1.807) is 6.07 Å². The first-order chi connectivity index (χ1) is 16.1. The molecule has 0 aliphatic carbocycles. The van der Waals surface area contributed by atoms with Crippen LogP contribution in [0.5, 0.6) is 5.75 Å². The van der Waals surface area contributed by atoms with Crippen LogP contribution in [0.25, 0.3) is 21.5 Å². The Hall–Kier alpha value is -2.16. The second kappa shape index (κ2) is 13.5. The van der Waals surface area contributed by atoms with E-state index >= 15 is 0 Å². The van der Waals surface area contributed by atoms with Gasteiger partial charge in [-0.25, -0.2) is 8.78 Å². The molecule has 0 N–H and O–H groups in total. The molecule has 1 nitrogen and oxygen atoms in total. The van der Waals surface area contributed by atoms with Gasteiger partial charge in [0.05, 0.1) is 0 Å². The van der Waals surface area contributed by atoms with Gasteiger partial charge in [-0.2, -0.15) is 0 Å². The summed E-state index contributed by atoms with van der Waals surface area (Å²) in [4.78, 5) is 0. The van der Waals surface area contributed by atoms with Crippen LogP contribution in [0.1, 0.15) is 90.0 Å². The third kappa shape index (κ3) is 7.69. The van der Waals surface area contributed by atoms with Crippen molar-refractivity contribution in [1.29, 1.82) is 0 Å². The van der Waals surface area contributed by atoms with Gasteiger partial charge in [-0.1, -0.05) is 89.8 Å². The fraction of sp³-hybridized carbons (Fsp3) is 0.533. The maximum atomic E-state index is 15.0. The van der Waals surface area contributed by atoms with Crippen molar-refractivity contribution in [1.82, 2.24) is 0 Å². The van der Waals surface area contributed by atoms with Gasteiger partial charge in [0.2, 0.25) is 0 Å². The van der Waals surface area contributed by atoms with Gasteiger partial charge in [-0.15, -0.1) is 0 Å². The molecule has 33 heavy (non-hydrogen) atoms. The van der Waals surface area contributed by atoms with E-state index in [2.05, 4.69) is 19.9 Å². The normalized spacial score (nSPS) is 12.5. The van der Waals surface area contributed by atoms with Crippen LogP contribution in [0.15, 0.2) is 42.5 Å². The molecule has 3 heteroatoms. The van der Waals surface area contributed by atoms with E-state index in [1.807, 2.05) is 30.3 Å². The van der Waals surface area contributed by atoms with Crippen molar-refractivity contribution in [2.45, 2.75) is 97.1 Å². The van der Waals surface area contributed by atoms with Gasteiger partial charge in [0, 0.05) is 5.39 Å². The highest BCUT2D eigenvalue weighted by Gasteiger charge is 2.11. The smallest absolute Gasteiger partial charge is 0.134 e. The SMILES string of the molecule is CCCCCCCCc1ccc2c(c1)c(F)cc1cc(OCC(F)CCCCCC)ccc12. The van der Waals surface area contributed by atoms with Crippen molar-refractivity contribution < 1.29 is 13.5 Å². The number of unbranched alkanes of at least 4 members (excludes halogenated alkanes) is 8. The molecule has 1 atom stereocenters. The van der Waals surface area contributed by atoms with Crippen LogP contribution in [0, 0.1) is 5.82 Å². The quantitative estimate of drug-likeness (QED) is 0.164. The number of benzene rings is 3. The highest BCUT2D eigenvalue weighted by Crippen LogP contribution is 2.31. The van der Waals surface area contributed by atoms with Gasteiger partial charge in [-0.3, -0.25) is 0 Å². The number of hydrogen-bond donors (Lipinski definition) is 0. The monoisotopic (exact) mass is 454 g/mol. The fourth-order valence-electron chi connectivity index (χ4n) is 4.56. The molecule has 1 unspecified atom stereocenters. The Bertz CT molecular complexity index is 997. The van der Waals surface area contributed by atoms with E-state index in [0.717, 1.165) is 54.7 Å². The highest BCUT2D eigenvalue weighted by atomic mass is 19.1. The number of aryl methyl sites for hydroxylation is 1. The number of halogens is 2. The zero-order valence-electron chi connectivity index (χ0n) is 20.5. The number of rotatable bonds is 15. The predicted octanol–water partition coefficient (Wildman–Crippen LogP) is 9.72. The topological polar surface area (TPSA) is 9.23 Å². The maximum absolute atomic E-state index is 15.0. The van der Waals surface area contributed by atoms with Crippen LogP contribution in [0.3, 0.4) is 0 Å². The van der Waals surface area contributed by atoms with E-state index in [4.69, 9.17) is 4.74 Å². The molecule has 0 amide bonds. The summed E-state index contributed by atoms with van der Waals surface area (Å²) in [6, 6.07) is 13.4. The standard InChI is InChI=1S/C30H40F2O/c1-3-5-7-9-10-11-13-23-15-17-28-27-18-16-26(20-24(27)21-30(32)29(28)19-23)33-22-25(31)14-12-8-6-4-2/h15-21,25H,3-14,22H2,1-2H3. The first-order valence-corrected chi connectivity index (χ1v) is 13.0. The minimum absolute atomic E-state index is 0.0511. The Morgan fingerprint density at radius 2 is 1.42 bits per heavy atom. The minimum atomic E-state index is -0.962. The molecule has 0 radical (unpaired) electrons. The fourth-order valence-corrected chi connectivity index (χ4v) is 4.56. The Morgan fingerprint density at radius 1 is 0.727 bits per heavy atom. The summed E-state index contributed by atoms with van der Waals surface area (Å²) < 4.78 is 34.8. The van der Waals surface area contributed by atoms with Crippen molar-refractivity contribution in [3.05, 3.63) is 53.8 Å². The van der Waals surface area contributed by atoms with E-state index in [-0.39, 0.29) is 12.4 Å². The minimum Gasteiger partial charge on any atom is -0.491 e. The number of ether oxygens (including phenoxy) is 1. The molecule has 0 spiro atoms. The molecule has 0 heterocycles. The van der Waals surface area contributed by atoms with Crippen LogP contribution in [-0.4, -0.2) is 12.8 Å². The average molecular weight is 455 g/mol. The van der Waals surface area contributed by atoms with Crippen LogP contribution in [-0.2, 0) is 6.42 Å². The van der Waals surface area contributed by atoms with Crippen molar-refractivity contribution in [3.8, 4) is 5.75 Å². The second-order valence-electron chi connectivity index (χ2n) is 9.40. The van der Waals surface area contributed by atoms with Gasteiger partial charge in [0.25, 0.3) is 0 Å². The van der Waals surface area contributed by atoms with E-state index in [0.29, 0.717) is 17.6 Å². The van der Waals surface area contributed by atoms with Crippen molar-refractivity contribution in [2.75, 3.05) is 6.61 Å². The molecule has 0 aliphatic rings. The lowest BCUT2D eigenvalue weighted by Gasteiger charge is -2.12. The first kappa shape index (κ1) is 25.5. The Labute approximate surface area is 198 Å². The zero-order chi connectivity index (χ0) is 23.5. The maximum Gasteiger partial charge on any atom is 0.134 e. The van der Waals surface area contributed by atoms with Crippen LogP contribution >= 0.6 is 0 Å². The average Bonchev–Trinajstić information content (AvgIpc) is 2.82. The van der Waals surface area contributed by atoms with Gasteiger partial charge in [0.1, 0.15) is 24.3 Å². The van der Waals surface area contributed by atoms with Gasteiger partial charge < -0.3 is 4.74 Å². The third-order valence-electron chi connectivity index (χ3n) is 6.56. The second-order valence-corrected chi connectivity index (χ2v) is 9.40. The molecule has 0 aliphatic heterocycles. The molecule has 0 saturated carbocycles. The molecule has 0 fully saturated rings. The molecule has 3 aromatic rings. The Kier molecular flexibility index (Phi) is 10.4. The number of fused-ring (bicyclic) bond motifs is 3. The van der Waals surface area contributed by atoms with E-state index in [1.165, 1.54) is 37.7 Å². The van der Waals surface area contributed by atoms with Crippen LogP contribution in [0.4, 0.5) is 8.78 Å². The van der Waals surface area contributed by atoms with Crippen molar-refractivity contribution in [2.24, 2.45) is 0 Å². The van der Waals surface area contributed by atoms with E-state index < -0.39 is 6.17 Å². The Morgan fingerprint density at radius 3 is 2.21 bits per heavy atom. The number of hydrogen-bond acceptors (Lipinski definition) is 1. The summed E-state index contributed by atoms with van der Waals surface area (Å²) in [5.74, 6) is 0.385. The largest absolute Gasteiger partial charge is 0.491 e. The van der Waals surface area contributed by atoms with Gasteiger partial charge in [0.15, 0.2) is 0 Å². The van der Waals surface area contributed by atoms with E-state index in [9.17, 15) is 8.78 Å². The molecule has 0 aromatic heterocycles. The zero-order valence-corrected chi connectivity index (χ0v) is 20.5. The highest BCUT2D eigenvalue weighted by molar-refractivity contribution is 6.08. The van der Waals surface area contributed by atoms with Crippen LogP contribution < -0.4 is 4.74 Å². The summed E-state index contributed by atoms with van der Waals surface area (Å²) in [5, 5.41) is 3.39. The molecule has 0 bridgehead atoms. The van der Waals surface area contributed by atoms with Gasteiger partial charge >= 0.3 is 0 Å². The summed E-state index contributed by atoms with van der Waals surface area (Å²) >= 11 is 0. The molecular weight excluding hydrogens is 414 g/mol. The van der Waals surface area contributed by atoms with Gasteiger partial charge in [-0.05, 0) is 65.3 Å². The van der Waals surface area contributed by atoms with Crippen molar-refractivity contribution >= 4 is 21.5 Å². The molecular formula is C30H40F2O. The third-order valence-corrected chi connectivity index (χ3v) is 6.56. The summed E-state index contributed by atoms with van der Waals surface area (Å²) in [6.07, 6.45) is 12.4. The Balaban J connectivity index is 1.63. The van der Waals surface area contributed by atoms with Crippen LogP contribution in [0.2, 0.25) is 0 Å². The lowest BCUT2D eigenvalue weighted by molar-refractivity contribution is 0.184. The lowest BCUT2D eigenvalue weighted by Crippen LogP contribution is -2.12. The summed E-state index contributed by atoms with van der Waals surface area (Å²) in [6.45, 7) is 4.43. The molecule has 3 rings (SSSR count). The summed E-state index contributed by atoms with van der Waals surface area (Å²) in [7, 11) is 0. The number of alkyl halides is 1. The molecule has 0 saturated heterocycles.